The number of fused-ring (bicyclic) bond motifs is 1. The Morgan fingerprint density at radius 3 is 2.57 bits per heavy atom. The molecule has 2 heterocycles. The van der Waals surface area contributed by atoms with Crippen LogP contribution in [0.25, 0.3) is 0 Å². The Bertz CT molecular complexity index is 938. The molecule has 3 atom stereocenters. The van der Waals surface area contributed by atoms with Gasteiger partial charge in [0.15, 0.2) is 0 Å². The van der Waals surface area contributed by atoms with Gasteiger partial charge in [-0.25, -0.2) is 4.39 Å². The summed E-state index contributed by atoms with van der Waals surface area (Å²) in [5, 5.41) is 5.52. The van der Waals surface area contributed by atoms with Crippen molar-refractivity contribution in [3.63, 3.8) is 0 Å². The van der Waals surface area contributed by atoms with Crippen LogP contribution in [0.2, 0.25) is 0 Å². The minimum atomic E-state index is -0.681. The molecule has 2 fully saturated rings. The lowest BCUT2D eigenvalue weighted by molar-refractivity contribution is -0.137. The molecule has 2 aromatic carbocycles. The third kappa shape index (κ3) is 4.33. The van der Waals surface area contributed by atoms with Crippen LogP contribution in [0.1, 0.15) is 22.3 Å². The maximum atomic E-state index is 13.0. The van der Waals surface area contributed by atoms with Gasteiger partial charge in [0.25, 0.3) is 5.91 Å². The van der Waals surface area contributed by atoms with E-state index in [2.05, 4.69) is 10.6 Å². The third-order valence-electron chi connectivity index (χ3n) is 5.35. The summed E-state index contributed by atoms with van der Waals surface area (Å²) in [7, 11) is 0. The number of thioether (sulfide) groups is 1. The van der Waals surface area contributed by atoms with Crippen molar-refractivity contribution in [2.75, 3.05) is 12.3 Å². The maximum Gasteiger partial charge on any atom is 0.251 e. The van der Waals surface area contributed by atoms with E-state index < -0.39 is 23.8 Å². The molecule has 2 aliphatic rings. The molecule has 0 spiro atoms. The number of carbonyl (C=O) groups excluding carboxylic acids is 3. The largest absolute Gasteiger partial charge is 0.354 e. The van der Waals surface area contributed by atoms with Crippen molar-refractivity contribution in [2.45, 2.75) is 30.3 Å². The molecule has 8 heteroatoms. The van der Waals surface area contributed by atoms with Crippen LogP contribution >= 0.6 is 11.8 Å². The zero-order chi connectivity index (χ0) is 21.1. The van der Waals surface area contributed by atoms with Crippen molar-refractivity contribution in [1.29, 1.82) is 0 Å². The van der Waals surface area contributed by atoms with Gasteiger partial charge in [0.1, 0.15) is 17.9 Å². The molecular formula is C22H22FN3O3S. The molecule has 0 aromatic heterocycles. The topological polar surface area (TPSA) is 78.5 Å². The lowest BCUT2D eigenvalue weighted by Crippen LogP contribution is -2.50. The number of halogens is 1. The second kappa shape index (κ2) is 8.87. The van der Waals surface area contributed by atoms with Crippen LogP contribution in [0, 0.1) is 5.82 Å². The molecule has 2 aromatic rings. The highest BCUT2D eigenvalue weighted by atomic mass is 32.2. The van der Waals surface area contributed by atoms with Crippen molar-refractivity contribution in [3.05, 3.63) is 71.5 Å². The SMILES string of the molecule is O=C(NC1CC2SC[C@@H](C(=O)NCCc3ccccc3)N2C1=O)c1ccc(F)cc1. The Labute approximate surface area is 178 Å². The highest BCUT2D eigenvalue weighted by molar-refractivity contribution is 8.00. The molecule has 2 N–H and O–H groups in total. The van der Waals surface area contributed by atoms with E-state index in [1.165, 1.54) is 24.3 Å². The van der Waals surface area contributed by atoms with Gasteiger partial charge in [-0.15, -0.1) is 11.8 Å². The fourth-order valence-electron chi connectivity index (χ4n) is 3.78. The summed E-state index contributed by atoms with van der Waals surface area (Å²) in [6.45, 7) is 0.501. The van der Waals surface area contributed by atoms with Gasteiger partial charge in [0.05, 0.1) is 5.37 Å². The van der Waals surface area contributed by atoms with Crippen LogP contribution in [0.3, 0.4) is 0 Å². The van der Waals surface area contributed by atoms with E-state index in [1.807, 2.05) is 30.3 Å². The average molecular weight is 428 g/mol. The number of rotatable bonds is 6. The third-order valence-corrected chi connectivity index (χ3v) is 6.67. The molecule has 0 bridgehead atoms. The van der Waals surface area contributed by atoms with Gasteiger partial charge in [-0.3, -0.25) is 14.4 Å². The number of amides is 3. The molecule has 0 radical (unpaired) electrons. The summed E-state index contributed by atoms with van der Waals surface area (Å²) in [5.74, 6) is -0.722. The number of nitrogens with one attached hydrogen (secondary N) is 2. The molecule has 156 valence electrons. The molecular weight excluding hydrogens is 405 g/mol. The normalized spacial score (nSPS) is 22.6. The predicted molar refractivity (Wildman–Crippen MR) is 112 cm³/mol. The van der Waals surface area contributed by atoms with Crippen LogP contribution in [0.4, 0.5) is 4.39 Å². The number of hydrogen-bond acceptors (Lipinski definition) is 4. The summed E-state index contributed by atoms with van der Waals surface area (Å²) in [6.07, 6.45) is 1.17. The second-order valence-electron chi connectivity index (χ2n) is 7.34. The molecule has 0 saturated carbocycles. The molecule has 2 unspecified atom stereocenters. The molecule has 4 rings (SSSR count). The Hall–Kier alpha value is -2.87. The summed E-state index contributed by atoms with van der Waals surface area (Å²) in [5.41, 5.74) is 1.43. The molecule has 0 aliphatic carbocycles. The van der Waals surface area contributed by atoms with Gasteiger partial charge in [0.2, 0.25) is 11.8 Å². The number of benzene rings is 2. The first kappa shape index (κ1) is 20.4. The minimum Gasteiger partial charge on any atom is -0.354 e. The Morgan fingerprint density at radius 2 is 1.83 bits per heavy atom. The number of carbonyl (C=O) groups is 3. The summed E-state index contributed by atoms with van der Waals surface area (Å²) < 4.78 is 13.0. The van der Waals surface area contributed by atoms with E-state index in [9.17, 15) is 18.8 Å². The standard InChI is InChI=1S/C22H22FN3O3S/c23-16-8-6-15(7-9-16)20(27)25-17-12-19-26(22(17)29)18(13-30-19)21(28)24-11-10-14-4-2-1-3-5-14/h1-9,17-19H,10-13H2,(H,24,28)(H,25,27)/t17?,18-,19?/m0/s1. The summed E-state index contributed by atoms with van der Waals surface area (Å²) >= 11 is 1.55. The molecule has 2 aliphatic heterocycles. The van der Waals surface area contributed by atoms with Crippen molar-refractivity contribution < 1.29 is 18.8 Å². The van der Waals surface area contributed by atoms with E-state index in [1.54, 1.807) is 16.7 Å². The van der Waals surface area contributed by atoms with E-state index in [0.717, 1.165) is 12.0 Å². The fraction of sp³-hybridized carbons (Fsp3) is 0.318. The second-order valence-corrected chi connectivity index (χ2v) is 8.56. The molecule has 3 amide bonds. The first-order chi connectivity index (χ1) is 14.5. The van der Waals surface area contributed by atoms with Crippen molar-refractivity contribution >= 4 is 29.5 Å². The van der Waals surface area contributed by atoms with E-state index in [4.69, 9.17) is 0 Å². The highest BCUT2D eigenvalue weighted by Gasteiger charge is 2.50. The minimum absolute atomic E-state index is 0.124. The first-order valence-corrected chi connectivity index (χ1v) is 10.9. The van der Waals surface area contributed by atoms with Gasteiger partial charge >= 0.3 is 0 Å². The molecule has 6 nitrogen and oxygen atoms in total. The average Bonchev–Trinajstić information content (AvgIpc) is 3.29. The van der Waals surface area contributed by atoms with Crippen molar-refractivity contribution in [2.24, 2.45) is 0 Å². The summed E-state index contributed by atoms with van der Waals surface area (Å²) in [4.78, 5) is 39.5. The smallest absolute Gasteiger partial charge is 0.251 e. The monoisotopic (exact) mass is 427 g/mol. The van der Waals surface area contributed by atoms with Crippen LogP contribution in [0.15, 0.2) is 54.6 Å². The zero-order valence-electron chi connectivity index (χ0n) is 16.2. The quantitative estimate of drug-likeness (QED) is 0.739. The van der Waals surface area contributed by atoms with E-state index in [0.29, 0.717) is 24.3 Å². The number of nitrogens with zero attached hydrogens (tertiary/aromatic N) is 1. The van der Waals surface area contributed by atoms with Crippen LogP contribution in [-0.4, -0.2) is 52.4 Å². The highest BCUT2D eigenvalue weighted by Crippen LogP contribution is 2.37. The van der Waals surface area contributed by atoms with E-state index in [-0.39, 0.29) is 17.2 Å². The Morgan fingerprint density at radius 1 is 1.10 bits per heavy atom. The Balaban J connectivity index is 1.33. The van der Waals surface area contributed by atoms with Gasteiger partial charge in [0, 0.05) is 24.3 Å². The lowest BCUT2D eigenvalue weighted by atomic mass is 10.1. The predicted octanol–water partition coefficient (Wildman–Crippen LogP) is 1.96. The van der Waals surface area contributed by atoms with E-state index >= 15 is 0 Å². The summed E-state index contributed by atoms with van der Waals surface area (Å²) in [6, 6.07) is 13.8. The maximum absolute atomic E-state index is 13.0. The van der Waals surface area contributed by atoms with Crippen LogP contribution in [-0.2, 0) is 16.0 Å². The van der Waals surface area contributed by atoms with Crippen LogP contribution < -0.4 is 10.6 Å². The van der Waals surface area contributed by atoms with Crippen LogP contribution in [0.5, 0.6) is 0 Å². The van der Waals surface area contributed by atoms with Gasteiger partial charge in [-0.2, -0.15) is 0 Å². The number of hydrogen-bond donors (Lipinski definition) is 2. The van der Waals surface area contributed by atoms with Gasteiger partial charge < -0.3 is 15.5 Å². The Kier molecular flexibility index (Phi) is 6.03. The van der Waals surface area contributed by atoms with Crippen molar-refractivity contribution in [1.82, 2.24) is 15.5 Å². The lowest BCUT2D eigenvalue weighted by Gasteiger charge is -2.23. The van der Waals surface area contributed by atoms with Crippen molar-refractivity contribution in [3.8, 4) is 0 Å². The van der Waals surface area contributed by atoms with Gasteiger partial charge in [-0.1, -0.05) is 30.3 Å². The first-order valence-electron chi connectivity index (χ1n) is 9.85. The fourth-order valence-corrected chi connectivity index (χ4v) is 5.24. The molecule has 30 heavy (non-hydrogen) atoms. The zero-order valence-corrected chi connectivity index (χ0v) is 17.0. The van der Waals surface area contributed by atoms with Gasteiger partial charge in [-0.05, 0) is 36.2 Å². The molecule has 2 saturated heterocycles.